The zero-order chi connectivity index (χ0) is 17.6. The summed E-state index contributed by atoms with van der Waals surface area (Å²) >= 11 is 0. The van der Waals surface area contributed by atoms with Gasteiger partial charge in [-0.3, -0.25) is 4.90 Å². The Labute approximate surface area is 153 Å². The fraction of sp³-hybridized carbons (Fsp3) is 0.900. The Kier molecular flexibility index (Phi) is 6.88. The largest absolute Gasteiger partial charge is 0.300 e. The highest BCUT2D eigenvalue weighted by Crippen LogP contribution is 2.28. The summed E-state index contributed by atoms with van der Waals surface area (Å²) in [5, 5.41) is 8.90. The fourth-order valence-electron chi connectivity index (χ4n) is 4.57. The molecule has 0 unspecified atom stereocenters. The van der Waals surface area contributed by atoms with Gasteiger partial charge in [0.25, 0.3) is 0 Å². The standard InChI is InChI=1S/C20H37N5/c1-4-23(17(2)3)15-18-16-25(22-21-18)20-11-13-24(14-12-20)19-9-7-5-6-8-10-19/h16-17,19-20H,4-15H2,1-3H3. The molecule has 1 saturated heterocycles. The molecule has 2 fully saturated rings. The van der Waals surface area contributed by atoms with E-state index in [9.17, 15) is 0 Å². The van der Waals surface area contributed by atoms with Gasteiger partial charge in [-0.05, 0) is 46.1 Å². The first kappa shape index (κ1) is 18.8. The van der Waals surface area contributed by atoms with Crippen LogP contribution in [-0.2, 0) is 6.54 Å². The van der Waals surface area contributed by atoms with Crippen LogP contribution in [0.4, 0.5) is 0 Å². The lowest BCUT2D eigenvalue weighted by atomic mass is 10.00. The Bertz CT molecular complexity index is 496. The molecule has 0 spiro atoms. The van der Waals surface area contributed by atoms with Crippen LogP contribution < -0.4 is 0 Å². The summed E-state index contributed by atoms with van der Waals surface area (Å²) in [4.78, 5) is 5.19. The summed E-state index contributed by atoms with van der Waals surface area (Å²) in [7, 11) is 0. The van der Waals surface area contributed by atoms with E-state index < -0.39 is 0 Å². The molecule has 0 aromatic carbocycles. The van der Waals surface area contributed by atoms with E-state index >= 15 is 0 Å². The molecule has 2 aliphatic rings. The second-order valence-electron chi connectivity index (χ2n) is 8.26. The van der Waals surface area contributed by atoms with Crippen LogP contribution in [0, 0.1) is 0 Å². The van der Waals surface area contributed by atoms with Gasteiger partial charge in [0.15, 0.2) is 0 Å². The van der Waals surface area contributed by atoms with E-state index in [1.54, 1.807) is 0 Å². The van der Waals surface area contributed by atoms with E-state index in [1.807, 2.05) is 0 Å². The lowest BCUT2D eigenvalue weighted by Gasteiger charge is -2.37. The molecule has 5 nitrogen and oxygen atoms in total. The van der Waals surface area contributed by atoms with Gasteiger partial charge >= 0.3 is 0 Å². The number of piperidine rings is 1. The maximum Gasteiger partial charge on any atom is 0.0967 e. The lowest BCUT2D eigenvalue weighted by molar-refractivity contribution is 0.119. The van der Waals surface area contributed by atoms with Crippen molar-refractivity contribution in [2.24, 2.45) is 0 Å². The second-order valence-corrected chi connectivity index (χ2v) is 8.26. The molecule has 5 heteroatoms. The Morgan fingerprint density at radius 2 is 1.72 bits per heavy atom. The Balaban J connectivity index is 1.51. The van der Waals surface area contributed by atoms with Gasteiger partial charge < -0.3 is 4.90 Å². The molecule has 1 aromatic heterocycles. The molecule has 0 N–H and O–H groups in total. The highest BCUT2D eigenvalue weighted by atomic mass is 15.4. The Morgan fingerprint density at radius 1 is 1.04 bits per heavy atom. The van der Waals surface area contributed by atoms with Crippen LogP contribution >= 0.6 is 0 Å². The Morgan fingerprint density at radius 3 is 2.32 bits per heavy atom. The van der Waals surface area contributed by atoms with Gasteiger partial charge in [-0.2, -0.15) is 0 Å². The molecule has 25 heavy (non-hydrogen) atoms. The van der Waals surface area contributed by atoms with E-state index in [4.69, 9.17) is 0 Å². The summed E-state index contributed by atoms with van der Waals surface area (Å²) in [5.41, 5.74) is 1.11. The molecule has 0 amide bonds. The van der Waals surface area contributed by atoms with Crippen molar-refractivity contribution in [1.82, 2.24) is 24.8 Å². The van der Waals surface area contributed by atoms with Crippen LogP contribution in [0.3, 0.4) is 0 Å². The monoisotopic (exact) mass is 347 g/mol. The van der Waals surface area contributed by atoms with E-state index in [2.05, 4.69) is 51.8 Å². The molecule has 0 atom stereocenters. The van der Waals surface area contributed by atoms with Gasteiger partial charge in [0, 0.05) is 31.7 Å². The molecule has 142 valence electrons. The first-order valence-corrected chi connectivity index (χ1v) is 10.6. The van der Waals surface area contributed by atoms with Crippen molar-refractivity contribution < 1.29 is 0 Å². The van der Waals surface area contributed by atoms with Crippen LogP contribution in [0.1, 0.15) is 83.9 Å². The molecule has 0 bridgehead atoms. The van der Waals surface area contributed by atoms with Crippen LogP contribution in [0.2, 0.25) is 0 Å². The number of hydrogen-bond acceptors (Lipinski definition) is 4. The van der Waals surface area contributed by atoms with Crippen molar-refractivity contribution in [3.63, 3.8) is 0 Å². The minimum Gasteiger partial charge on any atom is -0.300 e. The summed E-state index contributed by atoms with van der Waals surface area (Å²) in [6.07, 6.45) is 13.2. The van der Waals surface area contributed by atoms with Crippen LogP contribution in [0.25, 0.3) is 0 Å². The van der Waals surface area contributed by atoms with Crippen molar-refractivity contribution in [2.75, 3.05) is 19.6 Å². The minimum atomic E-state index is 0.539. The number of rotatable bonds is 6. The molecule has 1 aliphatic carbocycles. The summed E-state index contributed by atoms with van der Waals surface area (Å²) < 4.78 is 2.15. The predicted molar refractivity (Wildman–Crippen MR) is 103 cm³/mol. The van der Waals surface area contributed by atoms with Crippen LogP contribution in [0.5, 0.6) is 0 Å². The van der Waals surface area contributed by atoms with Crippen molar-refractivity contribution in [3.8, 4) is 0 Å². The molecular weight excluding hydrogens is 310 g/mol. The molecule has 0 radical (unpaired) electrons. The lowest BCUT2D eigenvalue weighted by Crippen LogP contribution is -2.41. The quantitative estimate of drug-likeness (QED) is 0.732. The SMILES string of the molecule is CCN(Cc1cn(C2CCN(C3CCCCCC3)CC2)nn1)C(C)C. The van der Waals surface area contributed by atoms with Crippen molar-refractivity contribution in [3.05, 3.63) is 11.9 Å². The fourth-order valence-corrected chi connectivity index (χ4v) is 4.57. The van der Waals surface area contributed by atoms with Gasteiger partial charge in [0.1, 0.15) is 0 Å². The van der Waals surface area contributed by atoms with Gasteiger partial charge in [-0.1, -0.05) is 37.8 Å². The maximum absolute atomic E-state index is 4.46. The number of aromatic nitrogens is 3. The van der Waals surface area contributed by atoms with E-state index in [0.717, 1.165) is 24.8 Å². The van der Waals surface area contributed by atoms with Crippen LogP contribution in [-0.4, -0.2) is 56.5 Å². The second kappa shape index (κ2) is 9.13. The average molecular weight is 348 g/mol. The highest BCUT2D eigenvalue weighted by molar-refractivity contribution is 4.95. The third-order valence-electron chi connectivity index (χ3n) is 6.27. The molecule has 1 aromatic rings. The third-order valence-corrected chi connectivity index (χ3v) is 6.27. The van der Waals surface area contributed by atoms with E-state index in [-0.39, 0.29) is 0 Å². The van der Waals surface area contributed by atoms with Gasteiger partial charge in [-0.25, -0.2) is 4.68 Å². The molecule has 1 saturated carbocycles. The van der Waals surface area contributed by atoms with Crippen molar-refractivity contribution in [2.45, 2.75) is 96.8 Å². The van der Waals surface area contributed by atoms with E-state index in [0.29, 0.717) is 12.1 Å². The first-order chi connectivity index (χ1) is 12.2. The predicted octanol–water partition coefficient (Wildman–Crippen LogP) is 3.87. The van der Waals surface area contributed by atoms with Crippen LogP contribution in [0.15, 0.2) is 6.20 Å². The number of likely N-dealkylation sites (tertiary alicyclic amines) is 1. The number of hydrogen-bond donors (Lipinski definition) is 0. The van der Waals surface area contributed by atoms with Crippen molar-refractivity contribution >= 4 is 0 Å². The van der Waals surface area contributed by atoms with Crippen molar-refractivity contribution in [1.29, 1.82) is 0 Å². The molecule has 1 aliphatic heterocycles. The topological polar surface area (TPSA) is 37.2 Å². The summed E-state index contributed by atoms with van der Waals surface area (Å²) in [6.45, 7) is 11.1. The maximum atomic E-state index is 4.46. The Hall–Kier alpha value is -0.940. The normalized spacial score (nSPS) is 22.0. The molecule has 2 heterocycles. The van der Waals surface area contributed by atoms with E-state index in [1.165, 1.54) is 64.5 Å². The number of nitrogens with zero attached hydrogens (tertiary/aromatic N) is 5. The third kappa shape index (κ3) is 5.04. The first-order valence-electron chi connectivity index (χ1n) is 10.6. The average Bonchev–Trinajstić information content (AvgIpc) is 2.92. The summed E-state index contributed by atoms with van der Waals surface area (Å²) in [5.74, 6) is 0. The zero-order valence-electron chi connectivity index (χ0n) is 16.5. The molecular formula is C20H37N5. The molecule has 3 rings (SSSR count). The van der Waals surface area contributed by atoms with Gasteiger partial charge in [-0.15, -0.1) is 5.10 Å². The van der Waals surface area contributed by atoms with Gasteiger partial charge in [0.2, 0.25) is 0 Å². The smallest absolute Gasteiger partial charge is 0.0967 e. The zero-order valence-corrected chi connectivity index (χ0v) is 16.5. The van der Waals surface area contributed by atoms with Gasteiger partial charge in [0.05, 0.1) is 17.9 Å². The highest BCUT2D eigenvalue weighted by Gasteiger charge is 2.27. The minimum absolute atomic E-state index is 0.539. The summed E-state index contributed by atoms with van der Waals surface area (Å²) in [6, 6.07) is 1.94.